The van der Waals surface area contributed by atoms with Crippen molar-refractivity contribution in [2.45, 2.75) is 6.92 Å². The zero-order chi connectivity index (χ0) is 22.8. The lowest BCUT2D eigenvalue weighted by atomic mass is 10.2. The van der Waals surface area contributed by atoms with Gasteiger partial charge in [0, 0.05) is 44.4 Å². The van der Waals surface area contributed by atoms with Gasteiger partial charge < -0.3 is 19.5 Å². The molecular weight excluding hydrogens is 473 g/mol. The average molecular weight is 493 g/mol. The molecule has 0 saturated carbocycles. The van der Waals surface area contributed by atoms with E-state index < -0.39 is 5.91 Å². The molecule has 1 N–H and O–H groups in total. The van der Waals surface area contributed by atoms with Crippen LogP contribution in [-0.2, 0) is 4.79 Å². The van der Waals surface area contributed by atoms with Crippen LogP contribution < -0.4 is 10.2 Å². The predicted molar refractivity (Wildman–Crippen MR) is 128 cm³/mol. The van der Waals surface area contributed by atoms with Crippen LogP contribution in [-0.4, -0.2) is 42.9 Å². The van der Waals surface area contributed by atoms with Crippen LogP contribution in [0.4, 0.5) is 11.4 Å². The molecule has 9 heteroatoms. The Labute approximate surface area is 200 Å². The number of nitrogens with zero attached hydrogens (tertiary/aromatic N) is 2. The number of furan rings is 1. The van der Waals surface area contributed by atoms with E-state index >= 15 is 0 Å². The number of piperazine rings is 1. The smallest absolute Gasteiger partial charge is 0.291 e. The summed E-state index contributed by atoms with van der Waals surface area (Å²) in [6, 6.07) is 13.8. The molecule has 3 aromatic rings. The minimum atomic E-state index is -0.393. The number of hydrogen-bond acceptors (Lipinski definition) is 4. The van der Waals surface area contributed by atoms with Gasteiger partial charge in [-0.3, -0.25) is 9.59 Å². The van der Waals surface area contributed by atoms with Gasteiger partial charge in [-0.25, -0.2) is 0 Å². The highest BCUT2D eigenvalue weighted by molar-refractivity contribution is 6.42. The van der Waals surface area contributed by atoms with E-state index in [4.69, 9.17) is 39.2 Å². The molecule has 2 heterocycles. The van der Waals surface area contributed by atoms with E-state index in [1.807, 2.05) is 11.0 Å². The largest absolute Gasteiger partial charge is 0.451 e. The summed E-state index contributed by atoms with van der Waals surface area (Å²) in [4.78, 5) is 28.1. The Morgan fingerprint density at radius 3 is 2.28 bits per heavy atom. The van der Waals surface area contributed by atoms with E-state index in [9.17, 15) is 9.59 Å². The summed E-state index contributed by atoms with van der Waals surface area (Å²) < 4.78 is 5.69. The molecule has 6 nitrogen and oxygen atoms in total. The second-order valence-electron chi connectivity index (χ2n) is 7.41. The summed E-state index contributed by atoms with van der Waals surface area (Å²) in [6.45, 7) is 4.30. The Kier molecular flexibility index (Phi) is 6.65. The molecule has 32 heavy (non-hydrogen) atoms. The Morgan fingerprint density at radius 1 is 0.875 bits per heavy atom. The summed E-state index contributed by atoms with van der Waals surface area (Å²) >= 11 is 18.5. The Morgan fingerprint density at radius 2 is 1.62 bits per heavy atom. The van der Waals surface area contributed by atoms with Gasteiger partial charge in [0.05, 0.1) is 20.8 Å². The van der Waals surface area contributed by atoms with Gasteiger partial charge in [0.2, 0.25) is 5.91 Å². The van der Waals surface area contributed by atoms with E-state index in [2.05, 4.69) is 10.2 Å². The molecule has 1 saturated heterocycles. The first-order chi connectivity index (χ1) is 15.3. The van der Waals surface area contributed by atoms with Crippen molar-refractivity contribution < 1.29 is 14.0 Å². The van der Waals surface area contributed by atoms with Crippen LogP contribution >= 0.6 is 34.8 Å². The summed E-state index contributed by atoms with van der Waals surface area (Å²) in [5.41, 5.74) is 2.14. The van der Waals surface area contributed by atoms with Crippen molar-refractivity contribution in [2.24, 2.45) is 0 Å². The number of benzene rings is 2. The van der Waals surface area contributed by atoms with Gasteiger partial charge in [-0.2, -0.15) is 0 Å². The van der Waals surface area contributed by atoms with E-state index in [0.29, 0.717) is 52.7 Å². The van der Waals surface area contributed by atoms with E-state index in [1.54, 1.807) is 49.4 Å². The fourth-order valence-electron chi connectivity index (χ4n) is 3.56. The normalized spacial score (nSPS) is 13.9. The Balaban J connectivity index is 1.43. The zero-order valence-electron chi connectivity index (χ0n) is 17.2. The monoisotopic (exact) mass is 491 g/mol. The Hall–Kier alpha value is -2.67. The second kappa shape index (κ2) is 9.45. The minimum absolute atomic E-state index is 0.0778. The van der Waals surface area contributed by atoms with Gasteiger partial charge >= 0.3 is 0 Å². The molecule has 2 aromatic carbocycles. The lowest BCUT2D eigenvalue weighted by Gasteiger charge is -2.36. The number of amides is 2. The van der Waals surface area contributed by atoms with Crippen LogP contribution in [0.5, 0.6) is 0 Å². The van der Waals surface area contributed by atoms with E-state index in [1.165, 1.54) is 0 Å². The quantitative estimate of drug-likeness (QED) is 0.498. The third kappa shape index (κ3) is 4.88. The highest BCUT2D eigenvalue weighted by Gasteiger charge is 2.21. The number of halogens is 3. The molecule has 1 aliphatic heterocycles. The third-order valence-electron chi connectivity index (χ3n) is 5.31. The summed E-state index contributed by atoms with van der Waals surface area (Å²) in [7, 11) is 0. The molecule has 0 unspecified atom stereocenters. The van der Waals surface area contributed by atoms with Crippen LogP contribution in [0.2, 0.25) is 15.1 Å². The highest BCUT2D eigenvalue weighted by atomic mass is 35.5. The van der Waals surface area contributed by atoms with Gasteiger partial charge in [0.25, 0.3) is 5.91 Å². The SMILES string of the molecule is CC(=O)N1CCN(c2ccc(NC(=O)c3ccc(-c4ccc(Cl)c(Cl)c4)o3)cc2Cl)CC1. The number of anilines is 2. The number of carbonyl (C=O) groups is 2. The summed E-state index contributed by atoms with van der Waals surface area (Å²) in [5, 5.41) is 4.18. The number of rotatable bonds is 4. The third-order valence-corrected chi connectivity index (χ3v) is 6.35. The fourth-order valence-corrected chi connectivity index (χ4v) is 4.16. The molecule has 0 bridgehead atoms. The Bertz CT molecular complexity index is 1170. The molecule has 0 radical (unpaired) electrons. The molecule has 1 aliphatic rings. The number of carbonyl (C=O) groups excluding carboxylic acids is 2. The number of hydrogen-bond donors (Lipinski definition) is 1. The van der Waals surface area contributed by atoms with Crippen molar-refractivity contribution in [2.75, 3.05) is 36.4 Å². The van der Waals surface area contributed by atoms with Gasteiger partial charge in [-0.05, 0) is 48.5 Å². The van der Waals surface area contributed by atoms with Crippen LogP contribution in [0.3, 0.4) is 0 Å². The lowest BCUT2D eigenvalue weighted by molar-refractivity contribution is -0.129. The van der Waals surface area contributed by atoms with Crippen molar-refractivity contribution in [3.63, 3.8) is 0 Å². The molecule has 166 valence electrons. The predicted octanol–water partition coefficient (Wildman–Crippen LogP) is 5.83. The van der Waals surface area contributed by atoms with E-state index in [0.717, 1.165) is 11.3 Å². The topological polar surface area (TPSA) is 65.8 Å². The maximum Gasteiger partial charge on any atom is 0.291 e. The first kappa shape index (κ1) is 22.5. The van der Waals surface area contributed by atoms with Crippen LogP contribution in [0.15, 0.2) is 52.9 Å². The van der Waals surface area contributed by atoms with Gasteiger partial charge in [-0.15, -0.1) is 0 Å². The molecule has 1 fully saturated rings. The molecule has 4 rings (SSSR count). The number of nitrogens with one attached hydrogen (secondary N) is 1. The van der Waals surface area contributed by atoms with Crippen LogP contribution in [0.1, 0.15) is 17.5 Å². The average Bonchev–Trinajstić information content (AvgIpc) is 3.26. The molecular formula is C23H20Cl3N3O3. The van der Waals surface area contributed by atoms with Crippen molar-refractivity contribution in [3.05, 3.63) is 69.4 Å². The molecule has 0 spiro atoms. The second-order valence-corrected chi connectivity index (χ2v) is 8.63. The lowest BCUT2D eigenvalue weighted by Crippen LogP contribution is -2.48. The minimum Gasteiger partial charge on any atom is -0.451 e. The molecule has 0 aliphatic carbocycles. The summed E-state index contributed by atoms with van der Waals surface area (Å²) in [6.07, 6.45) is 0. The van der Waals surface area contributed by atoms with Crippen molar-refractivity contribution in [1.29, 1.82) is 0 Å². The van der Waals surface area contributed by atoms with Crippen LogP contribution in [0.25, 0.3) is 11.3 Å². The van der Waals surface area contributed by atoms with Gasteiger partial charge in [0.15, 0.2) is 5.76 Å². The first-order valence-corrected chi connectivity index (χ1v) is 11.1. The zero-order valence-corrected chi connectivity index (χ0v) is 19.5. The van der Waals surface area contributed by atoms with Crippen molar-refractivity contribution in [3.8, 4) is 11.3 Å². The standard InChI is InChI=1S/C23H20Cl3N3O3/c1-14(30)28-8-10-29(11-9-28)20-5-3-16(13-19(20)26)27-23(31)22-7-6-21(32-22)15-2-4-17(24)18(25)12-15/h2-7,12-13H,8-11H2,1H3,(H,27,31). The summed E-state index contributed by atoms with van der Waals surface area (Å²) in [5.74, 6) is 0.350. The van der Waals surface area contributed by atoms with Gasteiger partial charge in [-0.1, -0.05) is 34.8 Å². The fraction of sp³-hybridized carbons (Fsp3) is 0.217. The van der Waals surface area contributed by atoms with Crippen molar-refractivity contribution in [1.82, 2.24) is 4.90 Å². The highest BCUT2D eigenvalue weighted by Crippen LogP contribution is 2.31. The van der Waals surface area contributed by atoms with Crippen molar-refractivity contribution >= 4 is 58.0 Å². The van der Waals surface area contributed by atoms with E-state index in [-0.39, 0.29) is 11.7 Å². The molecule has 1 aromatic heterocycles. The molecule has 2 amide bonds. The molecule has 0 atom stereocenters. The maximum absolute atomic E-state index is 12.6. The first-order valence-electron chi connectivity index (χ1n) is 9.98. The van der Waals surface area contributed by atoms with Crippen LogP contribution in [0, 0.1) is 0 Å². The van der Waals surface area contributed by atoms with Gasteiger partial charge in [0.1, 0.15) is 5.76 Å². The maximum atomic E-state index is 12.6.